The molecule has 0 radical (unpaired) electrons. The molecule has 1 amide bonds. The predicted molar refractivity (Wildman–Crippen MR) is 91.9 cm³/mol. The topological polar surface area (TPSA) is 38.3 Å². The molecule has 0 aromatic heterocycles. The van der Waals surface area contributed by atoms with Crippen LogP contribution < -0.4 is 10.1 Å². The van der Waals surface area contributed by atoms with Crippen LogP contribution in [0.2, 0.25) is 5.02 Å². The first-order chi connectivity index (χ1) is 10.6. The standard InChI is InChI=1S/C17H18ClNO2S/c1-13-11-14(18)7-8-16(13)21-12-17(20)19-9-10-22-15-5-3-2-4-6-15/h2-8,11H,9-10,12H2,1H3,(H,19,20). The summed E-state index contributed by atoms with van der Waals surface area (Å²) in [5.41, 5.74) is 0.917. The van der Waals surface area contributed by atoms with Gasteiger partial charge < -0.3 is 10.1 Å². The van der Waals surface area contributed by atoms with Gasteiger partial charge in [-0.15, -0.1) is 11.8 Å². The summed E-state index contributed by atoms with van der Waals surface area (Å²) in [6.45, 7) is 2.52. The van der Waals surface area contributed by atoms with E-state index in [-0.39, 0.29) is 12.5 Å². The smallest absolute Gasteiger partial charge is 0.257 e. The highest BCUT2D eigenvalue weighted by atomic mass is 35.5. The molecule has 2 aromatic rings. The molecule has 0 spiro atoms. The van der Waals surface area contributed by atoms with Gasteiger partial charge in [-0.2, -0.15) is 0 Å². The van der Waals surface area contributed by atoms with Crippen molar-refractivity contribution >= 4 is 29.3 Å². The summed E-state index contributed by atoms with van der Waals surface area (Å²) in [5, 5.41) is 3.50. The van der Waals surface area contributed by atoms with Crippen molar-refractivity contribution in [3.05, 3.63) is 59.1 Å². The molecule has 22 heavy (non-hydrogen) atoms. The second-order valence-corrected chi connectivity index (χ2v) is 6.31. The number of hydrogen-bond acceptors (Lipinski definition) is 3. The number of halogens is 1. The van der Waals surface area contributed by atoms with E-state index in [0.717, 1.165) is 11.3 Å². The molecule has 116 valence electrons. The van der Waals surface area contributed by atoms with Crippen LogP contribution in [0.4, 0.5) is 0 Å². The maximum absolute atomic E-state index is 11.7. The third-order valence-electron chi connectivity index (χ3n) is 2.93. The molecule has 5 heteroatoms. The molecule has 0 saturated carbocycles. The highest BCUT2D eigenvalue weighted by Crippen LogP contribution is 2.21. The summed E-state index contributed by atoms with van der Waals surface area (Å²) < 4.78 is 5.49. The number of aryl methyl sites for hydroxylation is 1. The molecular weight excluding hydrogens is 318 g/mol. The van der Waals surface area contributed by atoms with Gasteiger partial charge in [0.1, 0.15) is 5.75 Å². The summed E-state index contributed by atoms with van der Waals surface area (Å²) in [6.07, 6.45) is 0. The van der Waals surface area contributed by atoms with Crippen LogP contribution in [0.15, 0.2) is 53.4 Å². The number of rotatable bonds is 7. The van der Waals surface area contributed by atoms with Crippen LogP contribution in [-0.2, 0) is 4.79 Å². The van der Waals surface area contributed by atoms with E-state index in [9.17, 15) is 4.79 Å². The number of carbonyl (C=O) groups excluding carboxylic acids is 1. The fourth-order valence-corrected chi connectivity index (χ4v) is 2.86. The molecular formula is C17H18ClNO2S. The number of hydrogen-bond donors (Lipinski definition) is 1. The highest BCUT2D eigenvalue weighted by Gasteiger charge is 2.05. The minimum absolute atomic E-state index is 0.0124. The summed E-state index contributed by atoms with van der Waals surface area (Å²) >= 11 is 7.59. The zero-order chi connectivity index (χ0) is 15.8. The molecule has 0 aliphatic carbocycles. The molecule has 0 bridgehead atoms. The lowest BCUT2D eigenvalue weighted by atomic mass is 10.2. The van der Waals surface area contributed by atoms with Gasteiger partial charge in [0.05, 0.1) is 0 Å². The van der Waals surface area contributed by atoms with Gasteiger partial charge in [0.25, 0.3) is 5.91 Å². The van der Waals surface area contributed by atoms with Crippen molar-refractivity contribution in [3.63, 3.8) is 0 Å². The van der Waals surface area contributed by atoms with Crippen molar-refractivity contribution < 1.29 is 9.53 Å². The van der Waals surface area contributed by atoms with Crippen LogP contribution in [0.25, 0.3) is 0 Å². The van der Waals surface area contributed by atoms with Crippen molar-refractivity contribution in [2.75, 3.05) is 18.9 Å². The van der Waals surface area contributed by atoms with Gasteiger partial charge in [-0.1, -0.05) is 29.8 Å². The third kappa shape index (κ3) is 5.62. The predicted octanol–water partition coefficient (Wildman–Crippen LogP) is 3.94. The Morgan fingerprint density at radius 1 is 1.23 bits per heavy atom. The van der Waals surface area contributed by atoms with Gasteiger partial charge in [-0.3, -0.25) is 4.79 Å². The molecule has 3 nitrogen and oxygen atoms in total. The van der Waals surface area contributed by atoms with Crippen molar-refractivity contribution in [3.8, 4) is 5.75 Å². The Balaban J connectivity index is 1.65. The van der Waals surface area contributed by atoms with Crippen molar-refractivity contribution in [2.45, 2.75) is 11.8 Å². The molecule has 0 unspecified atom stereocenters. The quantitative estimate of drug-likeness (QED) is 0.615. The lowest BCUT2D eigenvalue weighted by Gasteiger charge is -2.09. The first kappa shape index (κ1) is 16.7. The SMILES string of the molecule is Cc1cc(Cl)ccc1OCC(=O)NCCSc1ccccc1. The molecule has 0 fully saturated rings. The monoisotopic (exact) mass is 335 g/mol. The Morgan fingerprint density at radius 3 is 2.73 bits per heavy atom. The van der Waals surface area contributed by atoms with Crippen molar-refractivity contribution in [1.29, 1.82) is 0 Å². The zero-order valence-electron chi connectivity index (χ0n) is 12.3. The minimum atomic E-state index is -0.122. The van der Waals surface area contributed by atoms with E-state index in [4.69, 9.17) is 16.3 Å². The Kier molecular flexibility index (Phi) is 6.62. The average molecular weight is 336 g/mol. The number of amides is 1. The molecule has 0 atom stereocenters. The van der Waals surface area contributed by atoms with Gasteiger partial charge >= 0.3 is 0 Å². The Morgan fingerprint density at radius 2 is 2.00 bits per heavy atom. The second kappa shape index (κ2) is 8.71. The Bertz CT molecular complexity index is 619. The van der Waals surface area contributed by atoms with Crippen LogP contribution in [-0.4, -0.2) is 24.8 Å². The van der Waals surface area contributed by atoms with E-state index >= 15 is 0 Å². The first-order valence-corrected chi connectivity index (χ1v) is 8.35. The van der Waals surface area contributed by atoms with Crippen molar-refractivity contribution in [2.24, 2.45) is 0 Å². The summed E-state index contributed by atoms with van der Waals surface area (Å²) in [7, 11) is 0. The van der Waals surface area contributed by atoms with Crippen LogP contribution in [0.3, 0.4) is 0 Å². The van der Waals surface area contributed by atoms with E-state index in [1.54, 1.807) is 23.9 Å². The molecule has 0 saturated heterocycles. The number of ether oxygens (including phenoxy) is 1. The summed E-state index contributed by atoms with van der Waals surface area (Å²) in [4.78, 5) is 12.9. The fraction of sp³-hybridized carbons (Fsp3) is 0.235. The summed E-state index contributed by atoms with van der Waals surface area (Å²) in [5.74, 6) is 1.39. The van der Waals surface area contributed by atoms with E-state index in [2.05, 4.69) is 17.4 Å². The molecule has 0 aliphatic rings. The van der Waals surface area contributed by atoms with E-state index in [0.29, 0.717) is 17.3 Å². The largest absolute Gasteiger partial charge is 0.484 e. The second-order valence-electron chi connectivity index (χ2n) is 4.71. The summed E-state index contributed by atoms with van der Waals surface area (Å²) in [6, 6.07) is 15.4. The third-order valence-corrected chi connectivity index (χ3v) is 4.18. The van der Waals surface area contributed by atoms with Crippen LogP contribution in [0.1, 0.15) is 5.56 Å². The van der Waals surface area contributed by atoms with Gasteiger partial charge in [-0.25, -0.2) is 0 Å². The zero-order valence-corrected chi connectivity index (χ0v) is 13.9. The number of benzene rings is 2. The van der Waals surface area contributed by atoms with Gasteiger partial charge in [0.2, 0.25) is 0 Å². The van der Waals surface area contributed by atoms with Gasteiger partial charge in [0, 0.05) is 22.2 Å². The van der Waals surface area contributed by atoms with Crippen LogP contribution >= 0.6 is 23.4 Å². The number of nitrogens with one attached hydrogen (secondary N) is 1. The van der Waals surface area contributed by atoms with Crippen LogP contribution in [0.5, 0.6) is 5.75 Å². The van der Waals surface area contributed by atoms with Crippen LogP contribution in [0, 0.1) is 6.92 Å². The first-order valence-electron chi connectivity index (χ1n) is 6.98. The average Bonchev–Trinajstić information content (AvgIpc) is 2.52. The van der Waals surface area contributed by atoms with Gasteiger partial charge in [-0.05, 0) is 42.8 Å². The number of thioether (sulfide) groups is 1. The van der Waals surface area contributed by atoms with E-state index in [1.165, 1.54) is 4.90 Å². The minimum Gasteiger partial charge on any atom is -0.484 e. The Labute approximate surface area is 140 Å². The maximum Gasteiger partial charge on any atom is 0.257 e. The Hall–Kier alpha value is -1.65. The fourth-order valence-electron chi connectivity index (χ4n) is 1.85. The lowest BCUT2D eigenvalue weighted by Crippen LogP contribution is -2.30. The molecule has 2 rings (SSSR count). The lowest BCUT2D eigenvalue weighted by molar-refractivity contribution is -0.122. The molecule has 0 heterocycles. The number of carbonyl (C=O) groups is 1. The maximum atomic E-state index is 11.7. The van der Waals surface area contributed by atoms with E-state index in [1.807, 2.05) is 31.2 Å². The molecule has 2 aromatic carbocycles. The normalized spacial score (nSPS) is 10.3. The highest BCUT2D eigenvalue weighted by molar-refractivity contribution is 7.99. The van der Waals surface area contributed by atoms with Gasteiger partial charge in [0.15, 0.2) is 6.61 Å². The molecule has 1 N–H and O–H groups in total. The van der Waals surface area contributed by atoms with Crippen molar-refractivity contribution in [1.82, 2.24) is 5.32 Å². The van der Waals surface area contributed by atoms with E-state index < -0.39 is 0 Å². The molecule has 0 aliphatic heterocycles.